The van der Waals surface area contributed by atoms with Gasteiger partial charge in [0.2, 0.25) is 0 Å². The predicted octanol–water partition coefficient (Wildman–Crippen LogP) is 1.97. The Bertz CT molecular complexity index is 418. The minimum absolute atomic E-state index is 0.313. The van der Waals surface area contributed by atoms with Crippen LogP contribution in [0.5, 0.6) is 0 Å². The van der Waals surface area contributed by atoms with Crippen molar-refractivity contribution in [3.8, 4) is 0 Å². The molecule has 0 unspecified atom stereocenters. The van der Waals surface area contributed by atoms with Crippen molar-refractivity contribution >= 4 is 17.7 Å². The van der Waals surface area contributed by atoms with E-state index in [1.165, 1.54) is 23.9 Å². The van der Waals surface area contributed by atoms with Crippen molar-refractivity contribution in [1.82, 2.24) is 5.48 Å². The molecule has 1 fully saturated rings. The summed E-state index contributed by atoms with van der Waals surface area (Å²) in [6.07, 6.45) is 1.03. The number of nitrogens with one attached hydrogen (secondary N) is 1. The second kappa shape index (κ2) is 5.69. The van der Waals surface area contributed by atoms with E-state index < -0.39 is 10.7 Å². The first-order valence-corrected chi connectivity index (χ1v) is 6.45. The molecule has 4 nitrogen and oxygen atoms in total. The molecule has 98 valence electrons. The molecule has 18 heavy (non-hydrogen) atoms. The number of hydrogen-bond acceptors (Lipinski definition) is 4. The maximum absolute atomic E-state index is 12.8. The topological polar surface area (TPSA) is 58.6 Å². The molecule has 0 spiro atoms. The second-order valence-electron chi connectivity index (χ2n) is 4.10. The van der Waals surface area contributed by atoms with Crippen molar-refractivity contribution in [2.75, 3.05) is 13.2 Å². The molecule has 1 aromatic rings. The zero-order valence-corrected chi connectivity index (χ0v) is 10.5. The van der Waals surface area contributed by atoms with Gasteiger partial charge in [0, 0.05) is 18.1 Å². The molecule has 0 atom stereocenters. The largest absolute Gasteiger partial charge is 0.381 e. The minimum Gasteiger partial charge on any atom is -0.381 e. The molecule has 0 radical (unpaired) electrons. The summed E-state index contributed by atoms with van der Waals surface area (Å²) in [4.78, 5) is 12.6. The lowest BCUT2D eigenvalue weighted by molar-refractivity contribution is -0.134. The number of amides is 1. The number of hydrogen-bond donors (Lipinski definition) is 2. The van der Waals surface area contributed by atoms with Crippen LogP contribution in [0.15, 0.2) is 29.2 Å². The summed E-state index contributed by atoms with van der Waals surface area (Å²) in [6.45, 7) is 0.948. The quantitative estimate of drug-likeness (QED) is 0.652. The van der Waals surface area contributed by atoms with Gasteiger partial charge < -0.3 is 4.74 Å². The van der Waals surface area contributed by atoms with E-state index in [0.717, 1.165) is 4.90 Å². The zero-order chi connectivity index (χ0) is 13.0. The van der Waals surface area contributed by atoms with Crippen molar-refractivity contribution < 1.29 is 19.1 Å². The fraction of sp³-hybridized carbons (Fsp3) is 0.417. The third-order valence-electron chi connectivity index (χ3n) is 2.94. The fourth-order valence-electron chi connectivity index (χ4n) is 1.91. The molecule has 0 saturated carbocycles. The van der Waals surface area contributed by atoms with Gasteiger partial charge in [0.1, 0.15) is 10.6 Å². The third-order valence-corrected chi connectivity index (χ3v) is 4.43. The molecule has 1 amide bonds. The number of ether oxygens (including phenoxy) is 1. The van der Waals surface area contributed by atoms with Crippen LogP contribution in [0.4, 0.5) is 4.39 Å². The lowest BCUT2D eigenvalue weighted by Gasteiger charge is -2.34. The number of benzene rings is 1. The molecule has 1 saturated heterocycles. The van der Waals surface area contributed by atoms with Gasteiger partial charge in [-0.1, -0.05) is 0 Å². The fourth-order valence-corrected chi connectivity index (χ4v) is 3.14. The Morgan fingerprint density at radius 2 is 1.94 bits per heavy atom. The van der Waals surface area contributed by atoms with Crippen molar-refractivity contribution in [3.05, 3.63) is 30.1 Å². The first-order chi connectivity index (χ1) is 8.66. The summed E-state index contributed by atoms with van der Waals surface area (Å²) >= 11 is 1.33. The number of carbonyl (C=O) groups is 1. The highest BCUT2D eigenvalue weighted by Gasteiger charge is 2.41. The smallest absolute Gasteiger partial charge is 0.260 e. The Kier molecular flexibility index (Phi) is 4.21. The van der Waals surface area contributed by atoms with Gasteiger partial charge in [0.05, 0.1) is 0 Å². The summed E-state index contributed by atoms with van der Waals surface area (Å²) in [5, 5.41) is 8.86. The van der Waals surface area contributed by atoms with E-state index in [4.69, 9.17) is 9.94 Å². The van der Waals surface area contributed by atoms with Crippen LogP contribution in [0.3, 0.4) is 0 Å². The van der Waals surface area contributed by atoms with Gasteiger partial charge >= 0.3 is 0 Å². The number of thioether (sulfide) groups is 1. The average molecular weight is 271 g/mol. The monoisotopic (exact) mass is 271 g/mol. The van der Waals surface area contributed by atoms with Crippen molar-refractivity contribution in [2.24, 2.45) is 0 Å². The van der Waals surface area contributed by atoms with Crippen LogP contribution >= 0.6 is 11.8 Å². The number of halogens is 1. The SMILES string of the molecule is O=C(NO)C1(Sc2ccc(F)cc2)CCOCC1. The van der Waals surface area contributed by atoms with Crippen LogP contribution in [0.25, 0.3) is 0 Å². The molecular weight excluding hydrogens is 257 g/mol. The second-order valence-corrected chi connectivity index (χ2v) is 5.56. The van der Waals surface area contributed by atoms with Gasteiger partial charge in [-0.3, -0.25) is 10.0 Å². The van der Waals surface area contributed by atoms with Crippen LogP contribution in [-0.4, -0.2) is 29.1 Å². The first-order valence-electron chi connectivity index (χ1n) is 5.63. The van der Waals surface area contributed by atoms with Gasteiger partial charge in [0.15, 0.2) is 0 Å². The van der Waals surface area contributed by atoms with Crippen LogP contribution in [0, 0.1) is 5.82 Å². The Hall–Kier alpha value is -1.11. The van der Waals surface area contributed by atoms with E-state index in [9.17, 15) is 9.18 Å². The van der Waals surface area contributed by atoms with Gasteiger partial charge in [0.25, 0.3) is 5.91 Å². The number of rotatable bonds is 3. The summed E-state index contributed by atoms with van der Waals surface area (Å²) in [5.74, 6) is -0.743. The maximum atomic E-state index is 12.8. The van der Waals surface area contributed by atoms with E-state index in [1.807, 2.05) is 0 Å². The van der Waals surface area contributed by atoms with Crippen LogP contribution < -0.4 is 5.48 Å². The van der Waals surface area contributed by atoms with Crippen molar-refractivity contribution in [2.45, 2.75) is 22.5 Å². The van der Waals surface area contributed by atoms with Crippen molar-refractivity contribution in [1.29, 1.82) is 0 Å². The van der Waals surface area contributed by atoms with Crippen LogP contribution in [0.1, 0.15) is 12.8 Å². The molecule has 1 aromatic carbocycles. The molecular formula is C12H14FNO3S. The lowest BCUT2D eigenvalue weighted by Crippen LogP contribution is -2.46. The molecule has 0 aliphatic carbocycles. The molecule has 1 aliphatic rings. The summed E-state index contributed by atoms with van der Waals surface area (Å²) in [5.41, 5.74) is 1.72. The van der Waals surface area contributed by atoms with E-state index in [-0.39, 0.29) is 5.82 Å². The van der Waals surface area contributed by atoms with Gasteiger partial charge in [-0.25, -0.2) is 9.87 Å². The number of hydroxylamine groups is 1. The molecule has 0 aromatic heterocycles. The standard InChI is InChI=1S/C12H14FNO3S/c13-9-1-3-10(4-2-9)18-12(11(15)14-16)5-7-17-8-6-12/h1-4,16H,5-8H2,(H,14,15). The molecule has 2 N–H and O–H groups in total. The van der Waals surface area contributed by atoms with Crippen LogP contribution in [0.2, 0.25) is 0 Å². The third kappa shape index (κ3) is 2.82. The summed E-state index contributed by atoms with van der Waals surface area (Å²) in [6, 6.07) is 5.96. The van der Waals surface area contributed by atoms with E-state index >= 15 is 0 Å². The molecule has 6 heteroatoms. The van der Waals surface area contributed by atoms with Gasteiger partial charge in [-0.2, -0.15) is 0 Å². The highest BCUT2D eigenvalue weighted by Crippen LogP contribution is 2.40. The van der Waals surface area contributed by atoms with E-state index in [1.54, 1.807) is 17.6 Å². The Morgan fingerprint density at radius 3 is 2.50 bits per heavy atom. The maximum Gasteiger partial charge on any atom is 0.260 e. The Labute approximate surface area is 108 Å². The zero-order valence-electron chi connectivity index (χ0n) is 9.69. The van der Waals surface area contributed by atoms with Gasteiger partial charge in [-0.15, -0.1) is 11.8 Å². The van der Waals surface area contributed by atoms with E-state index in [2.05, 4.69) is 0 Å². The highest BCUT2D eigenvalue weighted by molar-refractivity contribution is 8.01. The van der Waals surface area contributed by atoms with Gasteiger partial charge in [-0.05, 0) is 37.1 Å². The Balaban J connectivity index is 2.19. The Morgan fingerprint density at radius 1 is 1.33 bits per heavy atom. The average Bonchev–Trinajstić information content (AvgIpc) is 2.41. The van der Waals surface area contributed by atoms with E-state index in [0.29, 0.717) is 26.1 Å². The highest BCUT2D eigenvalue weighted by atomic mass is 32.2. The lowest BCUT2D eigenvalue weighted by atomic mass is 9.98. The molecule has 0 bridgehead atoms. The molecule has 1 heterocycles. The van der Waals surface area contributed by atoms with Crippen LogP contribution in [-0.2, 0) is 9.53 Å². The normalized spacial score (nSPS) is 18.3. The predicted molar refractivity (Wildman–Crippen MR) is 65.0 cm³/mol. The summed E-state index contributed by atoms with van der Waals surface area (Å²) < 4.78 is 17.3. The molecule has 2 rings (SSSR count). The molecule has 1 aliphatic heterocycles. The number of carbonyl (C=O) groups excluding carboxylic acids is 1. The summed E-state index contributed by atoms with van der Waals surface area (Å²) in [7, 11) is 0. The minimum atomic E-state index is -0.745. The van der Waals surface area contributed by atoms with Crippen molar-refractivity contribution in [3.63, 3.8) is 0 Å². The first kappa shape index (κ1) is 13.3.